The van der Waals surface area contributed by atoms with E-state index in [1.807, 2.05) is 0 Å². The average molecular weight is 325 g/mol. The zero-order valence-electron chi connectivity index (χ0n) is 1.51. The fraction of sp³-hybridized carbons (Fsp3) is 0. The molecule has 0 rings (SSSR count). The van der Waals surface area contributed by atoms with E-state index in [1.54, 1.807) is 0 Å². The summed E-state index contributed by atoms with van der Waals surface area (Å²) in [7, 11) is 0. The van der Waals surface area contributed by atoms with Crippen molar-refractivity contribution in [3.63, 3.8) is 0 Å². The van der Waals surface area contributed by atoms with Crippen LogP contribution in [0.2, 0.25) is 0 Å². The van der Waals surface area contributed by atoms with Crippen molar-refractivity contribution < 1.29 is 41.9 Å². The van der Waals surface area contributed by atoms with Gasteiger partial charge in [0.1, 0.15) is 0 Å². The summed E-state index contributed by atoms with van der Waals surface area (Å²) in [5.41, 5.74) is 0. The second kappa shape index (κ2) is 17.6. The van der Waals surface area contributed by atoms with Crippen LogP contribution in [0.15, 0.2) is 0 Å². The van der Waals surface area contributed by atoms with E-state index in [-0.39, 0.29) is 81.2 Å². The maximum atomic E-state index is 0. The minimum absolute atomic E-state index is 0. The Morgan fingerprint density at radius 1 is 1.00 bits per heavy atom. The van der Waals surface area contributed by atoms with Crippen LogP contribution < -0.4 is 0 Å². The van der Waals surface area contributed by atoms with E-state index in [0.29, 0.717) is 0 Å². The van der Waals surface area contributed by atoms with E-state index >= 15 is 0 Å². The van der Waals surface area contributed by atoms with Crippen molar-refractivity contribution in [1.82, 2.24) is 0 Å². The third-order valence-electron chi connectivity index (χ3n) is 0. The Morgan fingerprint density at radius 3 is 1.00 bits per heavy atom. The first-order valence-corrected chi connectivity index (χ1v) is 0. The Morgan fingerprint density at radius 2 is 1.00 bits per heavy atom. The molecule has 0 bridgehead atoms. The van der Waals surface area contributed by atoms with Crippen molar-refractivity contribution in [3.05, 3.63) is 0 Å². The minimum Gasteiger partial charge on any atom is 0 e. The van der Waals surface area contributed by atoms with Crippen molar-refractivity contribution in [3.8, 4) is 0 Å². The summed E-state index contributed by atoms with van der Waals surface area (Å²) >= 11 is 0. The van der Waals surface area contributed by atoms with Crippen LogP contribution in [0.1, 0.15) is 0 Å². The predicted molar refractivity (Wildman–Crippen MR) is 20.3 cm³/mol. The first-order chi connectivity index (χ1) is 0. The second-order valence-corrected chi connectivity index (χ2v) is 0. The average Bonchev–Trinajstić information content (AvgIpc) is 0. The van der Waals surface area contributed by atoms with Gasteiger partial charge in [0.05, 0.1) is 0 Å². The molecule has 0 amide bonds. The molecule has 1 radical (unpaired) electrons. The molecule has 0 nitrogen and oxygen atoms in total. The molecule has 4 heavy (non-hydrogen) atoms. The summed E-state index contributed by atoms with van der Waals surface area (Å²) in [6.07, 6.45) is 0. The molecular formula is H5AgInSZn. The topological polar surface area (TPSA) is 0 Å². The van der Waals surface area contributed by atoms with Crippen LogP contribution in [0.25, 0.3) is 0 Å². The van der Waals surface area contributed by atoms with Crippen LogP contribution in [0.5, 0.6) is 0 Å². The molecule has 0 N–H and O–H groups in total. The molecule has 0 fully saturated rings. The SMILES string of the molecule is S.[Ag].[InH3].[Zn]. The van der Waals surface area contributed by atoms with Crippen LogP contribution >= 0.6 is 13.5 Å². The third-order valence-corrected chi connectivity index (χ3v) is 0. The van der Waals surface area contributed by atoms with Gasteiger partial charge < -0.3 is 0 Å². The molecule has 0 heterocycles. The first kappa shape index (κ1) is 30.7. The monoisotopic (exact) mass is 323 g/mol. The number of hydrogen-bond acceptors (Lipinski definition) is 0. The normalized spacial score (nSPS) is 0. The third kappa shape index (κ3) is 8.82. The molecule has 0 unspecified atom stereocenters. The van der Waals surface area contributed by atoms with E-state index in [2.05, 4.69) is 0 Å². The smallest absolute Gasteiger partial charge is 0 e. The molecule has 0 saturated carbocycles. The van der Waals surface area contributed by atoms with E-state index < -0.39 is 0 Å². The maximum absolute atomic E-state index is 0. The number of hydrogen-bond donors (Lipinski definition) is 0. The quantitative estimate of drug-likeness (QED) is 0.498. The number of rotatable bonds is 0. The van der Waals surface area contributed by atoms with Gasteiger partial charge in [0.25, 0.3) is 0 Å². The van der Waals surface area contributed by atoms with Crippen LogP contribution in [-0.2, 0) is 41.9 Å². The van der Waals surface area contributed by atoms with Gasteiger partial charge in [-0.25, -0.2) is 0 Å². The summed E-state index contributed by atoms with van der Waals surface area (Å²) in [5, 5.41) is 0. The first-order valence-electron chi connectivity index (χ1n) is 0. The molecule has 0 saturated heterocycles. The van der Waals surface area contributed by atoms with Gasteiger partial charge in [-0.05, 0) is 0 Å². The molecule has 0 aromatic rings. The summed E-state index contributed by atoms with van der Waals surface area (Å²) in [6.45, 7) is 0. The van der Waals surface area contributed by atoms with Gasteiger partial charge >= 0.3 is 25.8 Å². The maximum Gasteiger partial charge on any atom is 0 e. The summed E-state index contributed by atoms with van der Waals surface area (Å²) in [4.78, 5) is 0. The van der Waals surface area contributed by atoms with Crippen molar-refractivity contribution in [2.45, 2.75) is 0 Å². The van der Waals surface area contributed by atoms with E-state index in [0.717, 1.165) is 0 Å². The van der Waals surface area contributed by atoms with Crippen LogP contribution in [0, 0.1) is 0 Å². The van der Waals surface area contributed by atoms with Crippen molar-refractivity contribution in [2.24, 2.45) is 0 Å². The zero-order chi connectivity index (χ0) is 0. The Labute approximate surface area is 80.0 Å². The molecular weight excluding hydrogens is 320 g/mol. The fourth-order valence-corrected chi connectivity index (χ4v) is 0. The molecule has 0 aliphatic carbocycles. The molecule has 4 heteroatoms. The van der Waals surface area contributed by atoms with Crippen LogP contribution in [-0.4, -0.2) is 25.8 Å². The Balaban J connectivity index is 0. The summed E-state index contributed by atoms with van der Waals surface area (Å²) in [6, 6.07) is 0. The Bertz CT molecular complexity index is 8.00. The van der Waals surface area contributed by atoms with Crippen molar-refractivity contribution in [1.29, 1.82) is 0 Å². The molecule has 0 aliphatic rings. The van der Waals surface area contributed by atoms with E-state index in [1.165, 1.54) is 0 Å². The molecule has 0 aromatic carbocycles. The van der Waals surface area contributed by atoms with Crippen LogP contribution in [0.3, 0.4) is 0 Å². The molecule has 0 aliphatic heterocycles. The van der Waals surface area contributed by atoms with Gasteiger partial charge in [-0.1, -0.05) is 0 Å². The molecule has 0 spiro atoms. The van der Waals surface area contributed by atoms with Gasteiger partial charge in [-0.2, -0.15) is 13.5 Å². The van der Waals surface area contributed by atoms with Gasteiger partial charge in [0, 0.05) is 41.9 Å². The van der Waals surface area contributed by atoms with Crippen LogP contribution in [0.4, 0.5) is 0 Å². The van der Waals surface area contributed by atoms with Gasteiger partial charge in [0.15, 0.2) is 0 Å². The molecule has 27 valence electrons. The fourth-order valence-electron chi connectivity index (χ4n) is 0. The minimum atomic E-state index is 0. The predicted octanol–water partition coefficient (Wildman–Crippen LogP) is -1.08. The second-order valence-electron chi connectivity index (χ2n) is 0. The summed E-state index contributed by atoms with van der Waals surface area (Å²) < 4.78 is 0. The van der Waals surface area contributed by atoms with Gasteiger partial charge in [0.2, 0.25) is 0 Å². The Hall–Kier alpha value is 2.58. The standard InChI is InChI=1S/Ag.In.H2S.Zn.3H/h;;1H2;;;;. The Kier molecular flexibility index (Phi) is 135. The molecule has 0 atom stereocenters. The van der Waals surface area contributed by atoms with E-state index in [4.69, 9.17) is 0 Å². The van der Waals surface area contributed by atoms with E-state index in [9.17, 15) is 0 Å². The van der Waals surface area contributed by atoms with Gasteiger partial charge in [-0.15, -0.1) is 0 Å². The van der Waals surface area contributed by atoms with Gasteiger partial charge in [-0.3, -0.25) is 0 Å². The van der Waals surface area contributed by atoms with Crippen molar-refractivity contribution >= 4 is 39.3 Å². The zero-order valence-corrected chi connectivity index (χ0v) is 6.96. The largest absolute Gasteiger partial charge is 0 e. The summed E-state index contributed by atoms with van der Waals surface area (Å²) in [5.74, 6) is 0. The molecule has 0 aromatic heterocycles. The van der Waals surface area contributed by atoms with Crippen molar-refractivity contribution in [2.75, 3.05) is 0 Å².